The lowest BCUT2D eigenvalue weighted by Crippen LogP contribution is -2.42. The number of carbonyl (C=O) groups is 1. The summed E-state index contributed by atoms with van der Waals surface area (Å²) in [5.74, 6) is -0.139. The monoisotopic (exact) mass is 475 g/mol. The highest BCUT2D eigenvalue weighted by Gasteiger charge is 2.37. The molecule has 1 fully saturated rings. The number of hydrogen-bond donors (Lipinski definition) is 0. The molecule has 3 aromatic carbocycles. The molecule has 0 bridgehead atoms. The Morgan fingerprint density at radius 2 is 1.69 bits per heavy atom. The Morgan fingerprint density at radius 1 is 1.03 bits per heavy atom. The third-order valence-electron chi connectivity index (χ3n) is 6.73. The number of para-hydroxylation sites is 1. The van der Waals surface area contributed by atoms with Crippen LogP contribution in [0.1, 0.15) is 41.3 Å². The van der Waals surface area contributed by atoms with E-state index in [1.54, 1.807) is 24.3 Å². The zero-order valence-electron chi connectivity index (χ0n) is 20.0. The Balaban J connectivity index is 1.60. The predicted molar refractivity (Wildman–Crippen MR) is 134 cm³/mol. The Kier molecular flexibility index (Phi) is 7.56. The minimum atomic E-state index is -0.348. The Labute approximate surface area is 205 Å². The van der Waals surface area contributed by atoms with Crippen molar-refractivity contribution in [1.29, 1.82) is 0 Å². The summed E-state index contributed by atoms with van der Waals surface area (Å²) in [7, 11) is 0. The molecule has 1 saturated heterocycles. The van der Waals surface area contributed by atoms with E-state index in [1.165, 1.54) is 18.2 Å². The minimum Gasteiger partial charge on any atom is -0.336 e. The lowest BCUT2D eigenvalue weighted by atomic mass is 9.88. The highest BCUT2D eigenvalue weighted by atomic mass is 19.1. The fourth-order valence-corrected chi connectivity index (χ4v) is 4.95. The van der Waals surface area contributed by atoms with Gasteiger partial charge in [0.2, 0.25) is 0 Å². The molecule has 2 unspecified atom stereocenters. The van der Waals surface area contributed by atoms with Crippen LogP contribution < -0.4 is 0 Å². The maximum absolute atomic E-state index is 13.6. The molecule has 0 aliphatic carbocycles. The van der Waals surface area contributed by atoms with Gasteiger partial charge in [0.15, 0.2) is 0 Å². The Hall–Kier alpha value is -3.58. The second-order valence-corrected chi connectivity index (χ2v) is 9.42. The fraction of sp³-hybridized carbons (Fsp3) is 0.321. The van der Waals surface area contributed by atoms with E-state index in [9.17, 15) is 19.3 Å². The first-order valence-electron chi connectivity index (χ1n) is 11.9. The van der Waals surface area contributed by atoms with Gasteiger partial charge in [-0.15, -0.1) is 0 Å². The van der Waals surface area contributed by atoms with Gasteiger partial charge < -0.3 is 4.90 Å². The zero-order chi connectivity index (χ0) is 24.9. The van der Waals surface area contributed by atoms with E-state index >= 15 is 0 Å². The van der Waals surface area contributed by atoms with E-state index < -0.39 is 0 Å². The van der Waals surface area contributed by atoms with Crippen molar-refractivity contribution in [2.45, 2.75) is 32.4 Å². The molecule has 35 heavy (non-hydrogen) atoms. The molecule has 7 heteroatoms. The van der Waals surface area contributed by atoms with Crippen molar-refractivity contribution >= 4 is 11.6 Å². The second-order valence-electron chi connectivity index (χ2n) is 9.42. The van der Waals surface area contributed by atoms with Gasteiger partial charge in [-0.2, -0.15) is 0 Å². The van der Waals surface area contributed by atoms with Crippen LogP contribution in [0.15, 0.2) is 78.9 Å². The molecule has 2 atom stereocenters. The molecule has 0 aromatic heterocycles. The van der Waals surface area contributed by atoms with Gasteiger partial charge in [-0.05, 0) is 49.6 Å². The first-order valence-corrected chi connectivity index (χ1v) is 11.9. The van der Waals surface area contributed by atoms with Gasteiger partial charge in [0.05, 0.1) is 4.92 Å². The lowest BCUT2D eigenvalue weighted by molar-refractivity contribution is -0.385. The Morgan fingerprint density at radius 3 is 2.34 bits per heavy atom. The van der Waals surface area contributed by atoms with Crippen molar-refractivity contribution in [3.8, 4) is 0 Å². The number of halogens is 1. The molecular formula is C28H30FN3O3. The highest BCUT2D eigenvalue weighted by molar-refractivity contribution is 5.94. The quantitative estimate of drug-likeness (QED) is 0.319. The summed E-state index contributed by atoms with van der Waals surface area (Å²) >= 11 is 0. The normalized spacial score (nSPS) is 18.1. The number of nitro benzene ring substituents is 1. The number of likely N-dealkylation sites (tertiary alicyclic amines) is 1. The number of rotatable bonds is 8. The van der Waals surface area contributed by atoms with E-state index in [2.05, 4.69) is 4.90 Å². The van der Waals surface area contributed by atoms with Gasteiger partial charge in [-0.3, -0.25) is 19.8 Å². The van der Waals surface area contributed by atoms with E-state index in [-0.39, 0.29) is 40.2 Å². The molecule has 1 aliphatic rings. The van der Waals surface area contributed by atoms with Crippen LogP contribution in [-0.2, 0) is 6.54 Å². The first-order chi connectivity index (χ1) is 16.8. The van der Waals surface area contributed by atoms with Gasteiger partial charge in [-0.1, -0.05) is 48.5 Å². The van der Waals surface area contributed by atoms with Crippen molar-refractivity contribution in [3.05, 3.63) is 111 Å². The smallest absolute Gasteiger partial charge is 0.273 e. The number of nitrogens with zero attached hydrogens (tertiary/aromatic N) is 3. The van der Waals surface area contributed by atoms with E-state index in [1.807, 2.05) is 55.1 Å². The lowest BCUT2D eigenvalue weighted by Gasteiger charge is -2.32. The Bertz CT molecular complexity index is 1170. The molecule has 0 N–H and O–H groups in total. The highest BCUT2D eigenvalue weighted by Crippen LogP contribution is 2.35. The molecule has 0 spiro atoms. The van der Waals surface area contributed by atoms with Crippen molar-refractivity contribution < 1.29 is 14.1 Å². The SMILES string of the molecule is CC(C)N(CC1CN(Cc2ccccc2[N+](=O)[O-])CC1c1ccc(F)cc1)C(=O)c1ccccc1. The van der Waals surface area contributed by atoms with Crippen LogP contribution >= 0.6 is 0 Å². The van der Waals surface area contributed by atoms with Gasteiger partial charge in [0.25, 0.3) is 11.6 Å². The summed E-state index contributed by atoms with van der Waals surface area (Å²) < 4.78 is 13.6. The number of hydrogen-bond acceptors (Lipinski definition) is 4. The topological polar surface area (TPSA) is 66.7 Å². The van der Waals surface area contributed by atoms with Gasteiger partial charge in [0.1, 0.15) is 5.82 Å². The van der Waals surface area contributed by atoms with Crippen LogP contribution in [0.5, 0.6) is 0 Å². The maximum atomic E-state index is 13.6. The molecule has 1 amide bonds. The number of benzene rings is 3. The first kappa shape index (κ1) is 24.5. The van der Waals surface area contributed by atoms with E-state index in [0.29, 0.717) is 37.3 Å². The summed E-state index contributed by atoms with van der Waals surface area (Å²) in [6, 6.07) is 22.6. The molecule has 0 radical (unpaired) electrons. The van der Waals surface area contributed by atoms with Crippen LogP contribution in [-0.4, -0.2) is 46.3 Å². The summed E-state index contributed by atoms with van der Waals surface area (Å²) in [5, 5.41) is 11.5. The average molecular weight is 476 g/mol. The summed E-state index contributed by atoms with van der Waals surface area (Å²) in [5.41, 5.74) is 2.43. The maximum Gasteiger partial charge on any atom is 0.273 e. The fourth-order valence-electron chi connectivity index (χ4n) is 4.95. The second kappa shape index (κ2) is 10.8. The van der Waals surface area contributed by atoms with Gasteiger partial charge >= 0.3 is 0 Å². The predicted octanol–water partition coefficient (Wildman–Crippen LogP) is 5.50. The number of carbonyl (C=O) groups excluding carboxylic acids is 1. The van der Waals surface area contributed by atoms with Crippen molar-refractivity contribution in [2.75, 3.05) is 19.6 Å². The van der Waals surface area contributed by atoms with Crippen molar-refractivity contribution in [3.63, 3.8) is 0 Å². The molecule has 1 aliphatic heterocycles. The third kappa shape index (κ3) is 5.74. The largest absolute Gasteiger partial charge is 0.336 e. The summed E-state index contributed by atoms with van der Waals surface area (Å²) in [4.78, 5) is 28.6. The molecule has 3 aromatic rings. The standard InChI is InChI=1S/C28H30FN3O3/c1-20(2)31(28(33)22-8-4-3-5-9-22)18-24-17-30(16-23-10-6-7-11-27(23)32(34)35)19-26(24)21-12-14-25(29)15-13-21/h3-15,20,24,26H,16-19H2,1-2H3. The van der Waals surface area contributed by atoms with E-state index in [0.717, 1.165) is 5.56 Å². The summed E-state index contributed by atoms with van der Waals surface area (Å²) in [6.45, 7) is 6.36. The van der Waals surface area contributed by atoms with Crippen LogP contribution in [0.4, 0.5) is 10.1 Å². The molecule has 4 rings (SSSR count). The van der Waals surface area contributed by atoms with Gasteiger partial charge in [-0.25, -0.2) is 4.39 Å². The average Bonchev–Trinajstić information content (AvgIpc) is 3.25. The minimum absolute atomic E-state index is 0.000773. The third-order valence-corrected chi connectivity index (χ3v) is 6.73. The molecule has 6 nitrogen and oxygen atoms in total. The van der Waals surface area contributed by atoms with Crippen LogP contribution in [0.2, 0.25) is 0 Å². The van der Waals surface area contributed by atoms with Crippen LogP contribution in [0, 0.1) is 21.8 Å². The van der Waals surface area contributed by atoms with Crippen LogP contribution in [0.3, 0.4) is 0 Å². The number of amides is 1. The van der Waals surface area contributed by atoms with Gasteiger partial charge in [0, 0.05) is 55.3 Å². The van der Waals surface area contributed by atoms with E-state index in [4.69, 9.17) is 0 Å². The van der Waals surface area contributed by atoms with Crippen LogP contribution in [0.25, 0.3) is 0 Å². The van der Waals surface area contributed by atoms with Crippen molar-refractivity contribution in [1.82, 2.24) is 9.80 Å². The molecule has 1 heterocycles. The summed E-state index contributed by atoms with van der Waals surface area (Å²) in [6.07, 6.45) is 0. The molecule has 0 saturated carbocycles. The van der Waals surface area contributed by atoms with Crippen molar-refractivity contribution in [2.24, 2.45) is 5.92 Å². The zero-order valence-corrected chi connectivity index (χ0v) is 20.0. The molecular weight excluding hydrogens is 445 g/mol. The molecule has 182 valence electrons. The number of nitro groups is 1.